The van der Waals surface area contributed by atoms with E-state index in [1.165, 1.54) is 0 Å². The Labute approximate surface area is 110 Å². The van der Waals surface area contributed by atoms with E-state index >= 15 is 0 Å². The molecule has 0 atom stereocenters. The van der Waals surface area contributed by atoms with Crippen molar-refractivity contribution in [1.29, 1.82) is 0 Å². The van der Waals surface area contributed by atoms with Crippen LogP contribution in [0.15, 0.2) is 23.0 Å². The Balaban J connectivity index is 1.87. The Hall–Kier alpha value is -2.04. The molecule has 0 saturated heterocycles. The Kier molecular flexibility index (Phi) is 2.89. The second-order valence-corrected chi connectivity index (χ2v) is 5.20. The van der Waals surface area contributed by atoms with Crippen molar-refractivity contribution in [2.75, 3.05) is 5.32 Å². The molecule has 2 N–H and O–H groups in total. The first-order chi connectivity index (χ1) is 9.15. The zero-order chi connectivity index (χ0) is 13.4. The molecule has 0 unspecified atom stereocenters. The van der Waals surface area contributed by atoms with Gasteiger partial charge in [0.2, 0.25) is 5.91 Å². The topological polar surface area (TPSA) is 66.9 Å². The molecule has 5 heteroatoms. The first-order valence-electron chi connectivity index (χ1n) is 6.65. The molecule has 3 rings (SSSR count). The smallest absolute Gasteiger partial charge is 0.272 e. The fourth-order valence-electron chi connectivity index (χ4n) is 2.79. The van der Waals surface area contributed by atoms with Gasteiger partial charge in [-0.25, -0.2) is 0 Å². The number of carbonyl (C=O) groups is 1. The maximum Gasteiger partial charge on any atom is 0.272 e. The SMILES string of the molecule is Cn1[nH]c(=O)c2cc(NC(=O)C3CCCC3)ccc21. The zero-order valence-corrected chi connectivity index (χ0v) is 10.9. The summed E-state index contributed by atoms with van der Waals surface area (Å²) < 4.78 is 1.68. The van der Waals surface area contributed by atoms with Gasteiger partial charge in [-0.1, -0.05) is 12.8 Å². The number of aryl methyl sites for hydroxylation is 1. The lowest BCUT2D eigenvalue weighted by atomic mass is 10.1. The van der Waals surface area contributed by atoms with Crippen molar-refractivity contribution >= 4 is 22.5 Å². The molecule has 1 aromatic carbocycles. The van der Waals surface area contributed by atoms with Crippen LogP contribution in [0.5, 0.6) is 0 Å². The lowest BCUT2D eigenvalue weighted by Crippen LogP contribution is -2.20. The summed E-state index contributed by atoms with van der Waals surface area (Å²) in [6, 6.07) is 5.42. The molecule has 1 aromatic heterocycles. The second kappa shape index (κ2) is 4.57. The van der Waals surface area contributed by atoms with Crippen LogP contribution in [0.3, 0.4) is 0 Å². The highest BCUT2D eigenvalue weighted by Gasteiger charge is 2.22. The molecule has 19 heavy (non-hydrogen) atoms. The Morgan fingerprint density at radius 1 is 1.37 bits per heavy atom. The highest BCUT2D eigenvalue weighted by atomic mass is 16.2. The van der Waals surface area contributed by atoms with Crippen LogP contribution in [0.4, 0.5) is 5.69 Å². The number of carbonyl (C=O) groups excluding carboxylic acids is 1. The van der Waals surface area contributed by atoms with Crippen molar-refractivity contribution in [2.24, 2.45) is 13.0 Å². The number of nitrogens with zero attached hydrogens (tertiary/aromatic N) is 1. The van der Waals surface area contributed by atoms with E-state index in [4.69, 9.17) is 0 Å². The van der Waals surface area contributed by atoms with Crippen LogP contribution in [0, 0.1) is 5.92 Å². The fraction of sp³-hybridized carbons (Fsp3) is 0.429. The highest BCUT2D eigenvalue weighted by Crippen LogP contribution is 2.26. The molecule has 0 spiro atoms. The average molecular weight is 259 g/mol. The van der Waals surface area contributed by atoms with Gasteiger partial charge in [-0.15, -0.1) is 0 Å². The van der Waals surface area contributed by atoms with Gasteiger partial charge in [0.1, 0.15) is 0 Å². The van der Waals surface area contributed by atoms with Crippen LogP contribution in [0.2, 0.25) is 0 Å². The Morgan fingerprint density at radius 3 is 2.84 bits per heavy atom. The van der Waals surface area contributed by atoms with Crippen LogP contribution in [0.25, 0.3) is 10.9 Å². The summed E-state index contributed by atoms with van der Waals surface area (Å²) in [4.78, 5) is 23.7. The van der Waals surface area contributed by atoms with E-state index in [0.717, 1.165) is 31.2 Å². The number of benzene rings is 1. The first kappa shape index (κ1) is 12.0. The van der Waals surface area contributed by atoms with Crippen molar-refractivity contribution in [3.63, 3.8) is 0 Å². The lowest BCUT2D eigenvalue weighted by Gasteiger charge is -2.10. The summed E-state index contributed by atoms with van der Waals surface area (Å²) in [6.45, 7) is 0. The first-order valence-corrected chi connectivity index (χ1v) is 6.65. The third-order valence-corrected chi connectivity index (χ3v) is 3.87. The molecule has 0 radical (unpaired) electrons. The molecular weight excluding hydrogens is 242 g/mol. The molecule has 5 nitrogen and oxygen atoms in total. The molecular formula is C14H17N3O2. The van der Waals surface area contributed by atoms with Gasteiger partial charge in [-0.2, -0.15) is 0 Å². The third-order valence-electron chi connectivity index (χ3n) is 3.87. The number of aromatic nitrogens is 2. The molecule has 100 valence electrons. The van der Waals surface area contributed by atoms with Gasteiger partial charge in [0.15, 0.2) is 0 Å². The van der Waals surface area contributed by atoms with Gasteiger partial charge in [-0.05, 0) is 31.0 Å². The van der Waals surface area contributed by atoms with Crippen LogP contribution < -0.4 is 10.9 Å². The summed E-state index contributed by atoms with van der Waals surface area (Å²) in [5, 5.41) is 6.21. The van der Waals surface area contributed by atoms with E-state index in [-0.39, 0.29) is 17.4 Å². The molecule has 1 fully saturated rings. The van der Waals surface area contributed by atoms with Crippen LogP contribution in [-0.2, 0) is 11.8 Å². The number of rotatable bonds is 2. The largest absolute Gasteiger partial charge is 0.326 e. The van der Waals surface area contributed by atoms with E-state index in [2.05, 4.69) is 10.4 Å². The quantitative estimate of drug-likeness (QED) is 0.866. The lowest BCUT2D eigenvalue weighted by molar-refractivity contribution is -0.119. The molecule has 1 aliphatic carbocycles. The second-order valence-electron chi connectivity index (χ2n) is 5.20. The van der Waals surface area contributed by atoms with Crippen molar-refractivity contribution in [3.05, 3.63) is 28.6 Å². The number of H-pyrrole nitrogens is 1. The number of amides is 1. The number of aromatic amines is 1. The molecule has 1 saturated carbocycles. The number of fused-ring (bicyclic) bond motifs is 1. The van der Waals surface area contributed by atoms with Crippen molar-refractivity contribution < 1.29 is 4.79 Å². The van der Waals surface area contributed by atoms with E-state index < -0.39 is 0 Å². The van der Waals surface area contributed by atoms with E-state index in [1.54, 1.807) is 17.8 Å². The van der Waals surface area contributed by atoms with Gasteiger partial charge in [0.25, 0.3) is 5.56 Å². The summed E-state index contributed by atoms with van der Waals surface area (Å²) >= 11 is 0. The van der Waals surface area contributed by atoms with Gasteiger partial charge in [-0.3, -0.25) is 19.4 Å². The van der Waals surface area contributed by atoms with Crippen molar-refractivity contribution in [3.8, 4) is 0 Å². The predicted molar refractivity (Wildman–Crippen MR) is 74.1 cm³/mol. The fourth-order valence-corrected chi connectivity index (χ4v) is 2.79. The molecule has 0 aliphatic heterocycles. The number of hydrogen-bond donors (Lipinski definition) is 2. The molecule has 0 bridgehead atoms. The molecule has 1 heterocycles. The van der Waals surface area contributed by atoms with Gasteiger partial charge >= 0.3 is 0 Å². The minimum absolute atomic E-state index is 0.0733. The number of hydrogen-bond acceptors (Lipinski definition) is 2. The summed E-state index contributed by atoms with van der Waals surface area (Å²) in [7, 11) is 1.79. The van der Waals surface area contributed by atoms with Gasteiger partial charge < -0.3 is 5.32 Å². The van der Waals surface area contributed by atoms with Crippen molar-refractivity contribution in [1.82, 2.24) is 9.78 Å². The maximum atomic E-state index is 12.0. The van der Waals surface area contributed by atoms with Gasteiger partial charge in [0, 0.05) is 18.7 Å². The third kappa shape index (κ3) is 2.16. The standard InChI is InChI=1S/C14H17N3O2/c1-17-12-7-6-10(8-11(12)14(19)16-17)15-13(18)9-4-2-3-5-9/h6-9H,2-5H2,1H3,(H,15,18)(H,16,19). The number of nitrogens with one attached hydrogen (secondary N) is 2. The Bertz CT molecular complexity index is 678. The molecule has 1 amide bonds. The molecule has 1 aliphatic rings. The van der Waals surface area contributed by atoms with Gasteiger partial charge in [0.05, 0.1) is 10.9 Å². The Morgan fingerprint density at radius 2 is 2.11 bits per heavy atom. The zero-order valence-electron chi connectivity index (χ0n) is 10.9. The van der Waals surface area contributed by atoms with E-state index in [9.17, 15) is 9.59 Å². The van der Waals surface area contributed by atoms with Crippen LogP contribution in [-0.4, -0.2) is 15.7 Å². The highest BCUT2D eigenvalue weighted by molar-refractivity contribution is 5.95. The van der Waals surface area contributed by atoms with Crippen molar-refractivity contribution in [2.45, 2.75) is 25.7 Å². The van der Waals surface area contributed by atoms with Crippen LogP contribution in [0.1, 0.15) is 25.7 Å². The monoisotopic (exact) mass is 259 g/mol. The predicted octanol–water partition coefficient (Wildman–Crippen LogP) is 2.00. The van der Waals surface area contributed by atoms with Crippen LogP contribution >= 0.6 is 0 Å². The maximum absolute atomic E-state index is 12.0. The molecule has 2 aromatic rings. The minimum atomic E-state index is -0.130. The van der Waals surface area contributed by atoms with E-state index in [1.807, 2.05) is 12.1 Å². The normalized spacial score (nSPS) is 16.1. The van der Waals surface area contributed by atoms with E-state index in [0.29, 0.717) is 11.1 Å². The average Bonchev–Trinajstić information content (AvgIpc) is 2.99. The summed E-state index contributed by atoms with van der Waals surface area (Å²) in [5.41, 5.74) is 1.40. The summed E-state index contributed by atoms with van der Waals surface area (Å²) in [6.07, 6.45) is 4.21. The number of anilines is 1. The minimum Gasteiger partial charge on any atom is -0.326 e. The summed E-state index contributed by atoms with van der Waals surface area (Å²) in [5.74, 6) is 0.203.